The first-order chi connectivity index (χ1) is 15.7. The van der Waals surface area contributed by atoms with Gasteiger partial charge in [-0.25, -0.2) is 4.39 Å². The number of para-hydroxylation sites is 1. The van der Waals surface area contributed by atoms with Crippen LogP contribution in [0.2, 0.25) is 0 Å². The fourth-order valence-electron chi connectivity index (χ4n) is 3.48. The highest BCUT2D eigenvalue weighted by Crippen LogP contribution is 2.36. The zero-order chi connectivity index (χ0) is 24.1. The fraction of sp³-hybridized carbons (Fsp3) is 0.280. The maximum absolute atomic E-state index is 14.0. The van der Waals surface area contributed by atoms with Gasteiger partial charge in [-0.15, -0.1) is 0 Å². The van der Waals surface area contributed by atoms with Crippen molar-refractivity contribution in [1.29, 1.82) is 0 Å². The number of carboxylic acid groups (broad SMARTS) is 1. The predicted molar refractivity (Wildman–Crippen MR) is 125 cm³/mol. The van der Waals surface area contributed by atoms with Gasteiger partial charge in [-0.1, -0.05) is 38.1 Å². The normalized spacial score (nSPS) is 12.2. The van der Waals surface area contributed by atoms with Crippen molar-refractivity contribution >= 4 is 24.9 Å². The van der Waals surface area contributed by atoms with Gasteiger partial charge < -0.3 is 10.2 Å². The van der Waals surface area contributed by atoms with Crippen LogP contribution in [0.4, 0.5) is 4.39 Å². The van der Waals surface area contributed by atoms with E-state index in [0.717, 1.165) is 22.0 Å². The van der Waals surface area contributed by atoms with Crippen LogP contribution >= 0.6 is 8.03 Å². The number of aliphatic hydroxyl groups excluding tert-OH is 1. The van der Waals surface area contributed by atoms with Crippen LogP contribution in [-0.2, 0) is 13.9 Å². The molecule has 1 unspecified atom stereocenters. The summed E-state index contributed by atoms with van der Waals surface area (Å²) in [4.78, 5) is 15.4. The maximum Gasteiger partial charge on any atom is 0.567 e. The number of hydrogen-bond donors (Lipinski definition) is 2. The molecule has 0 amide bonds. The fourth-order valence-corrected chi connectivity index (χ4v) is 4.17. The third kappa shape index (κ3) is 5.92. The SMILES string of the molecule is Cc1cc(-c2c(C#CO[P+](=O)C[C@@H](O)CC(=O)O)c(C(C)C)nc3ccccc23)ccc1F. The van der Waals surface area contributed by atoms with Gasteiger partial charge in [0.1, 0.15) is 11.9 Å². The molecular formula is C25H24FNO5P+. The minimum absolute atomic E-state index is 0.00496. The highest BCUT2D eigenvalue weighted by molar-refractivity contribution is 7.39. The van der Waals surface area contributed by atoms with Crippen molar-refractivity contribution in [3.8, 4) is 23.2 Å². The smallest absolute Gasteiger partial charge is 0.481 e. The van der Waals surface area contributed by atoms with Gasteiger partial charge in [-0.05, 0) is 52.7 Å². The van der Waals surface area contributed by atoms with E-state index in [1.807, 2.05) is 38.1 Å². The summed E-state index contributed by atoms with van der Waals surface area (Å²) >= 11 is 0. The van der Waals surface area contributed by atoms with Crippen molar-refractivity contribution in [3.05, 3.63) is 65.1 Å². The van der Waals surface area contributed by atoms with Crippen LogP contribution in [0.15, 0.2) is 42.5 Å². The highest BCUT2D eigenvalue weighted by atomic mass is 31.1. The number of aliphatic hydroxyl groups is 1. The molecule has 6 nitrogen and oxygen atoms in total. The Morgan fingerprint density at radius 1 is 1.24 bits per heavy atom. The molecule has 0 aliphatic rings. The van der Waals surface area contributed by atoms with E-state index in [1.165, 1.54) is 6.07 Å². The number of pyridine rings is 1. The molecule has 0 saturated carbocycles. The monoisotopic (exact) mass is 468 g/mol. The molecule has 1 heterocycles. The summed E-state index contributed by atoms with van der Waals surface area (Å²) in [5, 5.41) is 19.2. The van der Waals surface area contributed by atoms with Gasteiger partial charge in [0.25, 0.3) is 0 Å². The van der Waals surface area contributed by atoms with E-state index in [1.54, 1.807) is 19.1 Å². The summed E-state index contributed by atoms with van der Waals surface area (Å²) < 4.78 is 31.2. The molecule has 1 aromatic heterocycles. The predicted octanol–water partition coefficient (Wildman–Crippen LogP) is 5.38. The topological polar surface area (TPSA) is 96.7 Å². The van der Waals surface area contributed by atoms with E-state index >= 15 is 0 Å². The number of fused-ring (bicyclic) bond motifs is 1. The molecule has 3 aromatic rings. The molecule has 0 bridgehead atoms. The molecule has 33 heavy (non-hydrogen) atoms. The Labute approximate surface area is 192 Å². The van der Waals surface area contributed by atoms with Crippen LogP contribution < -0.4 is 0 Å². The molecule has 0 radical (unpaired) electrons. The number of rotatable bonds is 7. The first-order valence-electron chi connectivity index (χ1n) is 10.4. The molecule has 2 N–H and O–H groups in total. The van der Waals surface area contributed by atoms with Crippen LogP contribution in [0.5, 0.6) is 0 Å². The average molecular weight is 468 g/mol. The molecule has 0 aliphatic carbocycles. The van der Waals surface area contributed by atoms with Crippen molar-refractivity contribution in [1.82, 2.24) is 4.98 Å². The number of aryl methyl sites for hydroxylation is 1. The van der Waals surface area contributed by atoms with Crippen LogP contribution in [-0.4, -0.2) is 33.4 Å². The van der Waals surface area contributed by atoms with Crippen molar-refractivity contribution in [2.24, 2.45) is 0 Å². The van der Waals surface area contributed by atoms with Gasteiger partial charge in [-0.3, -0.25) is 9.78 Å². The molecular weight excluding hydrogens is 444 g/mol. The van der Waals surface area contributed by atoms with E-state index < -0.39 is 26.5 Å². The molecule has 0 spiro atoms. The minimum Gasteiger partial charge on any atom is -0.481 e. The Bertz CT molecular complexity index is 1280. The molecule has 170 valence electrons. The van der Waals surface area contributed by atoms with Crippen LogP contribution in [0.3, 0.4) is 0 Å². The number of hydrogen-bond acceptors (Lipinski definition) is 5. The Hall–Kier alpha value is -3.33. The van der Waals surface area contributed by atoms with Crippen molar-refractivity contribution < 1.29 is 28.5 Å². The van der Waals surface area contributed by atoms with E-state index in [2.05, 4.69) is 12.0 Å². The number of nitrogens with zero attached hydrogens (tertiary/aromatic N) is 1. The lowest BCUT2D eigenvalue weighted by molar-refractivity contribution is -0.138. The Kier molecular flexibility index (Phi) is 7.75. The van der Waals surface area contributed by atoms with Crippen LogP contribution in [0.25, 0.3) is 22.0 Å². The summed E-state index contributed by atoms with van der Waals surface area (Å²) in [6.45, 7) is 5.64. The van der Waals surface area contributed by atoms with E-state index in [-0.39, 0.29) is 17.9 Å². The number of carbonyl (C=O) groups is 1. The standard InChI is InChI=1S/C25H23FNO5P/c1-15(2)25-20(10-11-32-33(31)14-18(28)13-23(29)30)24(17-8-9-21(26)16(3)12-17)19-6-4-5-7-22(19)27-25/h4-9,12,15,18,28H,13-14H2,1-3H3/p+1/t18-/m0/s1. The molecule has 8 heteroatoms. The van der Waals surface area contributed by atoms with E-state index in [0.29, 0.717) is 16.8 Å². The van der Waals surface area contributed by atoms with Gasteiger partial charge in [-0.2, -0.15) is 4.52 Å². The zero-order valence-electron chi connectivity index (χ0n) is 18.5. The summed E-state index contributed by atoms with van der Waals surface area (Å²) in [5.74, 6) is 1.42. The van der Waals surface area contributed by atoms with Gasteiger partial charge in [0, 0.05) is 10.9 Å². The molecule has 0 saturated heterocycles. The first-order valence-corrected chi connectivity index (χ1v) is 11.7. The van der Waals surface area contributed by atoms with Crippen molar-refractivity contribution in [3.63, 3.8) is 0 Å². The summed E-state index contributed by atoms with van der Waals surface area (Å²) in [7, 11) is -2.39. The second kappa shape index (κ2) is 10.5. The molecule has 3 rings (SSSR count). The Morgan fingerprint density at radius 3 is 2.64 bits per heavy atom. The third-order valence-electron chi connectivity index (χ3n) is 5.01. The van der Waals surface area contributed by atoms with Crippen molar-refractivity contribution in [2.45, 2.75) is 39.2 Å². The second-order valence-electron chi connectivity index (χ2n) is 7.97. The molecule has 0 fully saturated rings. The largest absolute Gasteiger partial charge is 0.567 e. The molecule has 2 aromatic carbocycles. The van der Waals surface area contributed by atoms with Gasteiger partial charge in [0.05, 0.1) is 23.2 Å². The quantitative estimate of drug-likeness (QED) is 0.357. The number of carboxylic acids is 1. The van der Waals surface area contributed by atoms with Gasteiger partial charge >= 0.3 is 14.0 Å². The number of aliphatic carboxylic acids is 1. The second-order valence-corrected chi connectivity index (χ2v) is 9.18. The van der Waals surface area contributed by atoms with Crippen LogP contribution in [0, 0.1) is 24.8 Å². The lowest BCUT2D eigenvalue weighted by atomic mass is 9.90. The minimum atomic E-state index is -2.39. The number of benzene rings is 2. The molecule has 2 atom stereocenters. The van der Waals surface area contributed by atoms with Gasteiger partial charge in [0.15, 0.2) is 6.11 Å². The lowest BCUT2D eigenvalue weighted by Gasteiger charge is -2.16. The van der Waals surface area contributed by atoms with E-state index in [4.69, 9.17) is 14.6 Å². The average Bonchev–Trinajstić information content (AvgIpc) is 2.74. The maximum atomic E-state index is 14.0. The number of halogens is 1. The Morgan fingerprint density at radius 2 is 1.97 bits per heavy atom. The number of aromatic nitrogens is 1. The van der Waals surface area contributed by atoms with Crippen molar-refractivity contribution in [2.75, 3.05) is 6.16 Å². The molecule has 0 aliphatic heterocycles. The van der Waals surface area contributed by atoms with E-state index in [9.17, 15) is 18.9 Å². The lowest BCUT2D eigenvalue weighted by Crippen LogP contribution is -2.15. The first kappa shape index (κ1) is 24.3. The highest BCUT2D eigenvalue weighted by Gasteiger charge is 2.25. The van der Waals surface area contributed by atoms with Gasteiger partial charge in [0.2, 0.25) is 6.16 Å². The van der Waals surface area contributed by atoms with Crippen LogP contribution in [0.1, 0.15) is 43.0 Å². The third-order valence-corrected chi connectivity index (χ3v) is 6.02. The zero-order valence-corrected chi connectivity index (χ0v) is 19.4. The summed E-state index contributed by atoms with van der Waals surface area (Å²) in [5.41, 5.74) is 4.08. The summed E-state index contributed by atoms with van der Waals surface area (Å²) in [6.07, 6.45) is 0.288. The summed E-state index contributed by atoms with van der Waals surface area (Å²) in [6, 6.07) is 12.4. The Balaban J connectivity index is 2.10.